The van der Waals surface area contributed by atoms with Gasteiger partial charge in [-0.2, -0.15) is 0 Å². The standard InChI is InChI=1S/C17H22N2O3S.ClH/c1-2-22-16-9-10-17(15-8-4-3-7-14(15)16)23(20,21)19-12-13-6-5-11-18-13;/h3-4,7-10,13,18-19H,2,5-6,11-12H2,1H3;1H. The first-order chi connectivity index (χ1) is 11.1. The maximum Gasteiger partial charge on any atom is 0.241 e. The number of halogens is 1. The van der Waals surface area contributed by atoms with Crippen LogP contribution in [0.3, 0.4) is 0 Å². The van der Waals surface area contributed by atoms with Crippen molar-refractivity contribution in [3.63, 3.8) is 0 Å². The monoisotopic (exact) mass is 370 g/mol. The van der Waals surface area contributed by atoms with Gasteiger partial charge in [-0.05, 0) is 38.4 Å². The van der Waals surface area contributed by atoms with Crippen LogP contribution in [0.1, 0.15) is 19.8 Å². The zero-order valence-electron chi connectivity index (χ0n) is 13.6. The molecule has 3 rings (SSSR count). The molecule has 0 aromatic heterocycles. The van der Waals surface area contributed by atoms with Crippen molar-refractivity contribution in [2.75, 3.05) is 19.7 Å². The summed E-state index contributed by atoms with van der Waals surface area (Å²) in [6, 6.07) is 11.0. The zero-order valence-corrected chi connectivity index (χ0v) is 15.3. The molecule has 7 heteroatoms. The first-order valence-corrected chi connectivity index (χ1v) is 9.47. The second kappa shape index (κ2) is 8.16. The number of hydrogen-bond donors (Lipinski definition) is 2. The molecule has 2 aromatic carbocycles. The Bertz CT molecular complexity index is 790. The summed E-state index contributed by atoms with van der Waals surface area (Å²) in [7, 11) is -3.55. The molecule has 1 aliphatic heterocycles. The number of fused-ring (bicyclic) bond motifs is 1. The highest BCUT2D eigenvalue weighted by molar-refractivity contribution is 7.89. The summed E-state index contributed by atoms with van der Waals surface area (Å²) in [5.41, 5.74) is 0. The molecule has 0 bridgehead atoms. The third-order valence-corrected chi connectivity index (χ3v) is 5.60. The molecule has 0 radical (unpaired) electrons. The number of ether oxygens (including phenoxy) is 1. The van der Waals surface area contributed by atoms with E-state index in [1.54, 1.807) is 12.1 Å². The molecule has 2 aromatic rings. The van der Waals surface area contributed by atoms with E-state index in [1.165, 1.54) is 0 Å². The van der Waals surface area contributed by atoms with Crippen LogP contribution in [-0.4, -0.2) is 34.2 Å². The molecule has 1 unspecified atom stereocenters. The highest BCUT2D eigenvalue weighted by Gasteiger charge is 2.21. The minimum absolute atomic E-state index is 0. The molecule has 0 spiro atoms. The molecular formula is C17H23ClN2O3S. The lowest BCUT2D eigenvalue weighted by molar-refractivity contribution is 0.344. The molecule has 1 heterocycles. The van der Waals surface area contributed by atoms with Crippen molar-refractivity contribution in [2.24, 2.45) is 0 Å². The van der Waals surface area contributed by atoms with Gasteiger partial charge in [0.15, 0.2) is 0 Å². The molecule has 132 valence electrons. The van der Waals surface area contributed by atoms with Crippen LogP contribution < -0.4 is 14.8 Å². The lowest BCUT2D eigenvalue weighted by Gasteiger charge is -2.15. The van der Waals surface area contributed by atoms with Crippen molar-refractivity contribution in [2.45, 2.75) is 30.7 Å². The fourth-order valence-electron chi connectivity index (χ4n) is 2.98. The van der Waals surface area contributed by atoms with Gasteiger partial charge in [-0.25, -0.2) is 13.1 Å². The molecule has 0 saturated carbocycles. The molecule has 1 saturated heterocycles. The summed E-state index contributed by atoms with van der Waals surface area (Å²) >= 11 is 0. The number of rotatable bonds is 6. The van der Waals surface area contributed by atoms with E-state index < -0.39 is 10.0 Å². The Morgan fingerprint density at radius 1 is 1.21 bits per heavy atom. The molecule has 2 N–H and O–H groups in total. The van der Waals surface area contributed by atoms with Crippen molar-refractivity contribution < 1.29 is 13.2 Å². The van der Waals surface area contributed by atoms with E-state index in [0.29, 0.717) is 29.2 Å². The van der Waals surface area contributed by atoms with Crippen molar-refractivity contribution in [1.82, 2.24) is 10.0 Å². The Labute approximate surface area is 149 Å². The van der Waals surface area contributed by atoms with Crippen molar-refractivity contribution >= 4 is 33.2 Å². The Morgan fingerprint density at radius 2 is 1.96 bits per heavy atom. The van der Waals surface area contributed by atoms with E-state index in [4.69, 9.17) is 4.74 Å². The van der Waals surface area contributed by atoms with E-state index >= 15 is 0 Å². The van der Waals surface area contributed by atoms with E-state index in [-0.39, 0.29) is 18.4 Å². The maximum absolute atomic E-state index is 12.7. The van der Waals surface area contributed by atoms with Crippen LogP contribution in [0.15, 0.2) is 41.3 Å². The third kappa shape index (κ3) is 4.00. The van der Waals surface area contributed by atoms with Gasteiger partial charge in [0, 0.05) is 23.4 Å². The predicted octanol–water partition coefficient (Wildman–Crippen LogP) is 2.69. The van der Waals surface area contributed by atoms with Gasteiger partial charge < -0.3 is 10.1 Å². The molecule has 0 aliphatic carbocycles. The zero-order chi connectivity index (χ0) is 16.3. The predicted molar refractivity (Wildman–Crippen MR) is 98.6 cm³/mol. The molecular weight excluding hydrogens is 348 g/mol. The molecule has 1 atom stereocenters. The molecule has 1 aliphatic rings. The Morgan fingerprint density at radius 3 is 2.62 bits per heavy atom. The Kier molecular flexibility index (Phi) is 6.46. The molecule has 5 nitrogen and oxygen atoms in total. The lowest BCUT2D eigenvalue weighted by Crippen LogP contribution is -2.37. The molecule has 0 amide bonds. The number of hydrogen-bond acceptors (Lipinski definition) is 4. The average Bonchev–Trinajstić information content (AvgIpc) is 3.07. The van der Waals surface area contributed by atoms with Crippen LogP contribution in [0, 0.1) is 0 Å². The van der Waals surface area contributed by atoms with Gasteiger partial charge in [-0.15, -0.1) is 12.4 Å². The highest BCUT2D eigenvalue weighted by Crippen LogP contribution is 2.31. The fourth-order valence-corrected chi connectivity index (χ4v) is 4.27. The number of nitrogens with one attached hydrogen (secondary N) is 2. The van der Waals surface area contributed by atoms with Crippen molar-refractivity contribution in [1.29, 1.82) is 0 Å². The summed E-state index contributed by atoms with van der Waals surface area (Å²) in [5, 5.41) is 4.80. The minimum Gasteiger partial charge on any atom is -0.493 e. The normalized spacial score (nSPS) is 17.6. The first-order valence-electron chi connectivity index (χ1n) is 7.99. The highest BCUT2D eigenvalue weighted by atomic mass is 35.5. The second-order valence-electron chi connectivity index (χ2n) is 5.69. The van der Waals surface area contributed by atoms with Crippen LogP contribution in [-0.2, 0) is 10.0 Å². The summed E-state index contributed by atoms with van der Waals surface area (Å²) < 4.78 is 33.7. The van der Waals surface area contributed by atoms with E-state index in [0.717, 1.165) is 24.8 Å². The second-order valence-corrected chi connectivity index (χ2v) is 7.42. The van der Waals surface area contributed by atoms with Gasteiger partial charge in [-0.3, -0.25) is 0 Å². The van der Waals surface area contributed by atoms with E-state index in [9.17, 15) is 8.42 Å². The van der Waals surface area contributed by atoms with Crippen molar-refractivity contribution in [3.05, 3.63) is 36.4 Å². The van der Waals surface area contributed by atoms with Crippen LogP contribution in [0.2, 0.25) is 0 Å². The van der Waals surface area contributed by atoms with Gasteiger partial charge >= 0.3 is 0 Å². The SMILES string of the molecule is CCOc1ccc(S(=O)(=O)NCC2CCCN2)c2ccccc12.Cl. The Hall–Kier alpha value is -1.34. The largest absolute Gasteiger partial charge is 0.493 e. The van der Waals surface area contributed by atoms with Gasteiger partial charge in [0.25, 0.3) is 0 Å². The van der Waals surface area contributed by atoms with E-state index in [2.05, 4.69) is 10.0 Å². The van der Waals surface area contributed by atoms with Crippen LogP contribution in [0.25, 0.3) is 10.8 Å². The molecule has 1 fully saturated rings. The summed E-state index contributed by atoms with van der Waals surface area (Å²) in [6.45, 7) is 3.83. The fraction of sp³-hybridized carbons (Fsp3) is 0.412. The maximum atomic E-state index is 12.7. The minimum atomic E-state index is -3.55. The Balaban J connectivity index is 0.00000208. The van der Waals surface area contributed by atoms with Gasteiger partial charge in [0.05, 0.1) is 11.5 Å². The lowest BCUT2D eigenvalue weighted by atomic mass is 10.1. The number of sulfonamides is 1. The summed E-state index contributed by atoms with van der Waals surface area (Å²) in [4.78, 5) is 0.301. The smallest absolute Gasteiger partial charge is 0.241 e. The molecule has 24 heavy (non-hydrogen) atoms. The summed E-state index contributed by atoms with van der Waals surface area (Å²) in [6.07, 6.45) is 2.10. The van der Waals surface area contributed by atoms with Crippen LogP contribution in [0.5, 0.6) is 5.75 Å². The van der Waals surface area contributed by atoms with Gasteiger partial charge in [0.1, 0.15) is 5.75 Å². The van der Waals surface area contributed by atoms with E-state index in [1.807, 2.05) is 31.2 Å². The average molecular weight is 371 g/mol. The van der Waals surface area contributed by atoms with Crippen LogP contribution in [0.4, 0.5) is 0 Å². The van der Waals surface area contributed by atoms with Crippen molar-refractivity contribution in [3.8, 4) is 5.75 Å². The third-order valence-electron chi connectivity index (χ3n) is 4.12. The van der Waals surface area contributed by atoms with Gasteiger partial charge in [0.2, 0.25) is 10.0 Å². The first kappa shape index (κ1) is 19.0. The quantitative estimate of drug-likeness (QED) is 0.820. The van der Waals surface area contributed by atoms with Crippen LogP contribution >= 0.6 is 12.4 Å². The van der Waals surface area contributed by atoms with Gasteiger partial charge in [-0.1, -0.05) is 24.3 Å². The topological polar surface area (TPSA) is 67.4 Å². The number of benzene rings is 2. The summed E-state index contributed by atoms with van der Waals surface area (Å²) in [5.74, 6) is 0.708.